The standard InChI is InChI=1S/C18H29N3O2/c1-15(20-18(22)12-19-9-11-23-2)17-8-10-21(14-17)13-16-6-4-3-5-7-16/h3-7,15,17,19H,8-14H2,1-2H3,(H,20,22). The number of carbonyl (C=O) groups is 1. The highest BCUT2D eigenvalue weighted by Gasteiger charge is 2.27. The number of hydrogen-bond donors (Lipinski definition) is 2. The van der Waals surface area contributed by atoms with Crippen molar-refractivity contribution in [1.82, 2.24) is 15.5 Å². The van der Waals surface area contributed by atoms with Gasteiger partial charge in [0.1, 0.15) is 0 Å². The van der Waals surface area contributed by atoms with Gasteiger partial charge in [0, 0.05) is 32.8 Å². The van der Waals surface area contributed by atoms with Gasteiger partial charge in [0.15, 0.2) is 0 Å². The number of nitrogens with one attached hydrogen (secondary N) is 2. The molecular formula is C18H29N3O2. The Bertz CT molecular complexity index is 467. The molecule has 128 valence electrons. The van der Waals surface area contributed by atoms with E-state index in [1.165, 1.54) is 5.56 Å². The third-order valence-electron chi connectivity index (χ3n) is 4.42. The van der Waals surface area contributed by atoms with Crippen molar-refractivity contribution in [3.05, 3.63) is 35.9 Å². The fourth-order valence-corrected chi connectivity index (χ4v) is 3.05. The molecule has 0 bridgehead atoms. The predicted octanol–water partition coefficient (Wildman–Crippen LogP) is 1.25. The number of amides is 1. The third-order valence-corrected chi connectivity index (χ3v) is 4.42. The summed E-state index contributed by atoms with van der Waals surface area (Å²) in [5.74, 6) is 0.594. The lowest BCUT2D eigenvalue weighted by atomic mass is 10.0. The van der Waals surface area contributed by atoms with Crippen LogP contribution >= 0.6 is 0 Å². The van der Waals surface area contributed by atoms with Crippen LogP contribution in [0.3, 0.4) is 0 Å². The molecule has 0 aliphatic carbocycles. The van der Waals surface area contributed by atoms with E-state index in [4.69, 9.17) is 4.74 Å². The van der Waals surface area contributed by atoms with Crippen molar-refractivity contribution in [2.24, 2.45) is 5.92 Å². The van der Waals surface area contributed by atoms with E-state index >= 15 is 0 Å². The summed E-state index contributed by atoms with van der Waals surface area (Å²) >= 11 is 0. The largest absolute Gasteiger partial charge is 0.383 e. The van der Waals surface area contributed by atoms with Crippen molar-refractivity contribution in [1.29, 1.82) is 0 Å². The topological polar surface area (TPSA) is 53.6 Å². The summed E-state index contributed by atoms with van der Waals surface area (Å²) in [5.41, 5.74) is 1.35. The van der Waals surface area contributed by atoms with Crippen LogP contribution in [0.15, 0.2) is 30.3 Å². The van der Waals surface area contributed by atoms with E-state index in [-0.39, 0.29) is 11.9 Å². The predicted molar refractivity (Wildman–Crippen MR) is 92.2 cm³/mol. The molecule has 2 atom stereocenters. The Labute approximate surface area is 139 Å². The van der Waals surface area contributed by atoms with Crippen molar-refractivity contribution in [2.45, 2.75) is 25.9 Å². The monoisotopic (exact) mass is 319 g/mol. The Morgan fingerprint density at radius 2 is 2.17 bits per heavy atom. The molecule has 5 nitrogen and oxygen atoms in total. The lowest BCUT2D eigenvalue weighted by Gasteiger charge is -2.22. The summed E-state index contributed by atoms with van der Waals surface area (Å²) < 4.78 is 4.95. The van der Waals surface area contributed by atoms with Crippen LogP contribution in [0, 0.1) is 5.92 Å². The highest BCUT2D eigenvalue weighted by Crippen LogP contribution is 2.21. The number of carbonyl (C=O) groups excluding carboxylic acids is 1. The quantitative estimate of drug-likeness (QED) is 0.673. The minimum atomic E-state index is 0.0649. The van der Waals surface area contributed by atoms with Gasteiger partial charge in [-0.05, 0) is 31.4 Å². The van der Waals surface area contributed by atoms with Gasteiger partial charge in [-0.3, -0.25) is 9.69 Å². The Hall–Kier alpha value is -1.43. The van der Waals surface area contributed by atoms with Crippen LogP contribution in [0.2, 0.25) is 0 Å². The SMILES string of the molecule is COCCNCC(=O)NC(C)C1CCN(Cc2ccccc2)C1. The van der Waals surface area contributed by atoms with Crippen LogP contribution in [-0.2, 0) is 16.1 Å². The normalized spacial score (nSPS) is 19.7. The summed E-state index contributed by atoms with van der Waals surface area (Å²) in [5, 5.41) is 6.19. The zero-order valence-corrected chi connectivity index (χ0v) is 14.3. The van der Waals surface area contributed by atoms with Crippen LogP contribution < -0.4 is 10.6 Å². The zero-order valence-electron chi connectivity index (χ0n) is 14.3. The fourth-order valence-electron chi connectivity index (χ4n) is 3.05. The van der Waals surface area contributed by atoms with Crippen molar-refractivity contribution in [2.75, 3.05) is 39.9 Å². The van der Waals surface area contributed by atoms with E-state index in [1.54, 1.807) is 7.11 Å². The summed E-state index contributed by atoms with van der Waals surface area (Å²) in [7, 11) is 1.66. The van der Waals surface area contributed by atoms with Crippen molar-refractivity contribution < 1.29 is 9.53 Å². The van der Waals surface area contributed by atoms with Crippen LogP contribution in [0.1, 0.15) is 18.9 Å². The van der Waals surface area contributed by atoms with E-state index in [2.05, 4.69) is 52.8 Å². The second kappa shape index (κ2) is 9.65. The smallest absolute Gasteiger partial charge is 0.234 e. The lowest BCUT2D eigenvalue weighted by molar-refractivity contribution is -0.121. The van der Waals surface area contributed by atoms with E-state index in [9.17, 15) is 4.79 Å². The number of methoxy groups -OCH3 is 1. The molecule has 1 saturated heterocycles. The lowest BCUT2D eigenvalue weighted by Crippen LogP contribution is -2.43. The summed E-state index contributed by atoms with van der Waals surface area (Å²) in [6.45, 7) is 6.94. The molecule has 0 saturated carbocycles. The van der Waals surface area contributed by atoms with Crippen LogP contribution in [0.4, 0.5) is 0 Å². The van der Waals surface area contributed by atoms with E-state index in [1.807, 2.05) is 0 Å². The Morgan fingerprint density at radius 1 is 1.39 bits per heavy atom. The molecule has 0 radical (unpaired) electrons. The first-order valence-corrected chi connectivity index (χ1v) is 8.44. The maximum absolute atomic E-state index is 11.9. The molecule has 1 amide bonds. The summed E-state index contributed by atoms with van der Waals surface area (Å²) in [6.07, 6.45) is 1.14. The number of nitrogens with zero attached hydrogens (tertiary/aromatic N) is 1. The molecule has 1 fully saturated rings. The first-order chi connectivity index (χ1) is 11.2. The molecule has 0 spiro atoms. The number of benzene rings is 1. The molecular weight excluding hydrogens is 290 g/mol. The highest BCUT2D eigenvalue weighted by atomic mass is 16.5. The van der Waals surface area contributed by atoms with Gasteiger partial charge in [0.2, 0.25) is 5.91 Å². The first-order valence-electron chi connectivity index (χ1n) is 8.44. The number of hydrogen-bond acceptors (Lipinski definition) is 4. The van der Waals surface area contributed by atoms with Crippen molar-refractivity contribution >= 4 is 5.91 Å². The van der Waals surface area contributed by atoms with Gasteiger partial charge in [-0.25, -0.2) is 0 Å². The molecule has 1 heterocycles. The van der Waals surface area contributed by atoms with Crippen molar-refractivity contribution in [3.8, 4) is 0 Å². The molecule has 2 unspecified atom stereocenters. The van der Waals surface area contributed by atoms with Gasteiger partial charge in [-0.2, -0.15) is 0 Å². The molecule has 5 heteroatoms. The summed E-state index contributed by atoms with van der Waals surface area (Å²) in [6, 6.07) is 10.8. The van der Waals surface area contributed by atoms with Gasteiger partial charge in [-0.1, -0.05) is 30.3 Å². The van der Waals surface area contributed by atoms with Crippen LogP contribution in [0.25, 0.3) is 0 Å². The first kappa shape index (κ1) is 17.9. The number of ether oxygens (including phenoxy) is 1. The average molecular weight is 319 g/mol. The Kier molecular flexibility index (Phi) is 7.52. The van der Waals surface area contributed by atoms with Crippen molar-refractivity contribution in [3.63, 3.8) is 0 Å². The minimum absolute atomic E-state index is 0.0649. The number of likely N-dealkylation sites (tertiary alicyclic amines) is 1. The second-order valence-electron chi connectivity index (χ2n) is 6.30. The second-order valence-corrected chi connectivity index (χ2v) is 6.30. The zero-order chi connectivity index (χ0) is 16.5. The van der Waals surface area contributed by atoms with Gasteiger partial charge >= 0.3 is 0 Å². The van der Waals surface area contributed by atoms with E-state index < -0.39 is 0 Å². The van der Waals surface area contributed by atoms with Gasteiger partial charge in [-0.15, -0.1) is 0 Å². The van der Waals surface area contributed by atoms with E-state index in [0.717, 1.165) is 26.1 Å². The molecule has 2 N–H and O–H groups in total. The Morgan fingerprint density at radius 3 is 2.91 bits per heavy atom. The molecule has 1 aromatic carbocycles. The molecule has 1 aliphatic heterocycles. The van der Waals surface area contributed by atoms with Crippen LogP contribution in [-0.4, -0.2) is 56.7 Å². The van der Waals surface area contributed by atoms with Gasteiger partial charge in [0.25, 0.3) is 0 Å². The number of rotatable bonds is 9. The van der Waals surface area contributed by atoms with Crippen LogP contribution in [0.5, 0.6) is 0 Å². The van der Waals surface area contributed by atoms with E-state index in [0.29, 0.717) is 25.6 Å². The fraction of sp³-hybridized carbons (Fsp3) is 0.611. The third kappa shape index (κ3) is 6.29. The van der Waals surface area contributed by atoms with Gasteiger partial charge in [0.05, 0.1) is 13.2 Å². The molecule has 1 aliphatic rings. The average Bonchev–Trinajstić information content (AvgIpc) is 3.01. The summed E-state index contributed by atoms with van der Waals surface area (Å²) in [4.78, 5) is 14.4. The highest BCUT2D eigenvalue weighted by molar-refractivity contribution is 5.78. The molecule has 23 heavy (non-hydrogen) atoms. The molecule has 2 rings (SSSR count). The maximum Gasteiger partial charge on any atom is 0.234 e. The van der Waals surface area contributed by atoms with Gasteiger partial charge < -0.3 is 15.4 Å². The Balaban J connectivity index is 1.68. The molecule has 0 aromatic heterocycles. The minimum Gasteiger partial charge on any atom is -0.383 e. The maximum atomic E-state index is 11.9. The molecule has 1 aromatic rings.